The Bertz CT molecular complexity index is 2240. The van der Waals surface area contributed by atoms with Crippen molar-refractivity contribution in [1.82, 2.24) is 19.9 Å². The minimum atomic E-state index is -3.81. The van der Waals surface area contributed by atoms with Gasteiger partial charge in [-0.25, -0.2) is 54.2 Å². The van der Waals surface area contributed by atoms with E-state index in [0.29, 0.717) is 34.3 Å². The number of hydrogen-bond acceptors (Lipinski definition) is 10. The van der Waals surface area contributed by atoms with E-state index in [4.69, 9.17) is 0 Å². The first-order chi connectivity index (χ1) is 24.2. The Labute approximate surface area is 302 Å². The predicted molar refractivity (Wildman–Crippen MR) is 198 cm³/mol. The topological polar surface area (TPSA) is 164 Å². The van der Waals surface area contributed by atoms with Gasteiger partial charge in [-0.3, -0.25) is 4.79 Å². The lowest BCUT2D eigenvalue weighted by Gasteiger charge is -2.24. The van der Waals surface area contributed by atoms with Crippen molar-refractivity contribution >= 4 is 43.8 Å². The van der Waals surface area contributed by atoms with Crippen LogP contribution in [0.2, 0.25) is 0 Å². The van der Waals surface area contributed by atoms with Gasteiger partial charge < -0.3 is 5.11 Å². The van der Waals surface area contributed by atoms with Gasteiger partial charge in [-0.15, -0.1) is 0 Å². The molecule has 4 rings (SSSR count). The number of aliphatic hydroxyl groups is 1. The molecule has 1 N–H and O–H groups in total. The van der Waals surface area contributed by atoms with Gasteiger partial charge in [0.1, 0.15) is 11.6 Å². The van der Waals surface area contributed by atoms with Crippen LogP contribution in [0.3, 0.4) is 0 Å². The molecule has 0 radical (unpaired) electrons. The summed E-state index contributed by atoms with van der Waals surface area (Å²) in [4.78, 5) is 32.5. The lowest BCUT2D eigenvalue weighted by atomic mass is 9.86. The normalized spacial score (nSPS) is 13.0. The Kier molecular flexibility index (Phi) is 11.9. The molecule has 2 aromatic carbocycles. The van der Waals surface area contributed by atoms with E-state index >= 15 is 0 Å². The highest BCUT2D eigenvalue weighted by Crippen LogP contribution is 2.38. The Hall–Kier alpha value is -5.09. The summed E-state index contributed by atoms with van der Waals surface area (Å²) in [7, 11) is -4.99. The molecule has 0 spiro atoms. The average Bonchev–Trinajstić information content (AvgIpc) is 3.07. The Morgan fingerprint density at radius 2 is 1.13 bits per heavy atom. The maximum atomic E-state index is 14.3. The fourth-order valence-corrected chi connectivity index (χ4v) is 5.98. The lowest BCUT2D eigenvalue weighted by Crippen LogP contribution is -2.28. The second-order valence-corrected chi connectivity index (χ2v) is 16.7. The number of allylic oxidation sites excluding steroid dienone is 2. The van der Waals surface area contributed by atoms with Crippen LogP contribution in [0.25, 0.3) is 28.6 Å². The van der Waals surface area contributed by atoms with Gasteiger partial charge in [0.15, 0.2) is 5.78 Å². The van der Waals surface area contributed by atoms with Crippen molar-refractivity contribution in [3.05, 3.63) is 101 Å². The van der Waals surface area contributed by atoms with Crippen molar-refractivity contribution in [1.29, 1.82) is 0 Å². The van der Waals surface area contributed by atoms with Crippen molar-refractivity contribution in [3.8, 4) is 22.5 Å². The first-order valence-electron chi connectivity index (χ1n) is 16.0. The molecule has 2 heterocycles. The predicted octanol–water partition coefficient (Wildman–Crippen LogP) is 6.36. The van der Waals surface area contributed by atoms with Crippen molar-refractivity contribution in [2.45, 2.75) is 45.4 Å². The molecule has 0 fully saturated rings. The zero-order chi connectivity index (χ0) is 38.7. The number of aromatic nitrogens is 4. The lowest BCUT2D eigenvalue weighted by molar-refractivity contribution is -0.115. The number of sulfonamides is 2. The molecule has 1 unspecified atom stereocenters. The van der Waals surface area contributed by atoms with Gasteiger partial charge in [-0.1, -0.05) is 27.7 Å². The van der Waals surface area contributed by atoms with Crippen LogP contribution < -0.4 is 8.61 Å². The van der Waals surface area contributed by atoms with Crippen LogP contribution in [-0.2, 0) is 24.8 Å². The number of rotatable bonds is 13. The highest BCUT2D eigenvalue weighted by Gasteiger charge is 2.30. The molecule has 16 heteroatoms. The first-order valence-corrected chi connectivity index (χ1v) is 19.7. The van der Waals surface area contributed by atoms with E-state index in [1.165, 1.54) is 80.9 Å². The summed E-state index contributed by atoms with van der Waals surface area (Å²) in [6, 6.07) is 10.7. The van der Waals surface area contributed by atoms with Crippen LogP contribution in [0.1, 0.15) is 68.0 Å². The number of halogens is 2. The summed E-state index contributed by atoms with van der Waals surface area (Å²) >= 11 is 0. The number of anilines is 2. The van der Waals surface area contributed by atoms with E-state index in [9.17, 15) is 35.5 Å². The Morgan fingerprint density at radius 3 is 1.56 bits per heavy atom. The molecule has 2 aromatic heterocycles. The van der Waals surface area contributed by atoms with Crippen molar-refractivity contribution in [3.63, 3.8) is 0 Å². The van der Waals surface area contributed by atoms with Crippen LogP contribution in [0, 0.1) is 11.6 Å². The number of benzene rings is 2. The standard InChI is InChI=1S/C36H40F2N6O6S2/c1-21(2)31-28(33(23-9-13-25(37)14-10-23)41-35(39-31)43(5)51(7,47)48)17-18-29(46)27(19-20-45)30-32(22(3)4)40-36(44(6)52(8,49)50)42-34(30)24-11-15-26(38)16-12-24/h9-22,27,45H,1-8H3/b18-17+,20-19?. The van der Waals surface area contributed by atoms with Gasteiger partial charge >= 0.3 is 0 Å². The highest BCUT2D eigenvalue weighted by atomic mass is 32.2. The largest absolute Gasteiger partial charge is 0.516 e. The Morgan fingerprint density at radius 1 is 0.712 bits per heavy atom. The third-order valence-electron chi connectivity index (χ3n) is 8.12. The van der Waals surface area contributed by atoms with Gasteiger partial charge in [0.25, 0.3) is 0 Å². The molecule has 52 heavy (non-hydrogen) atoms. The van der Waals surface area contributed by atoms with E-state index in [2.05, 4.69) is 19.9 Å². The van der Waals surface area contributed by atoms with E-state index in [1.54, 1.807) is 13.8 Å². The van der Waals surface area contributed by atoms with Gasteiger partial charge in [0, 0.05) is 36.3 Å². The third kappa shape index (κ3) is 8.85. The number of ketones is 1. The maximum absolute atomic E-state index is 14.3. The summed E-state index contributed by atoms with van der Waals surface area (Å²) in [5.74, 6) is -3.83. The van der Waals surface area contributed by atoms with Crippen molar-refractivity contribution in [2.75, 3.05) is 35.2 Å². The number of carbonyl (C=O) groups excluding carboxylic acids is 1. The van der Waals surface area contributed by atoms with Gasteiger partial charge in [-0.05, 0) is 78.6 Å². The fourth-order valence-electron chi connectivity index (χ4n) is 5.22. The summed E-state index contributed by atoms with van der Waals surface area (Å²) < 4.78 is 79.8. The molecule has 0 saturated heterocycles. The van der Waals surface area contributed by atoms with Crippen molar-refractivity contribution in [2.24, 2.45) is 0 Å². The number of carbonyl (C=O) groups is 1. The average molecular weight is 755 g/mol. The summed E-state index contributed by atoms with van der Waals surface area (Å²) in [5.41, 5.74) is 2.45. The number of nitrogens with zero attached hydrogens (tertiary/aromatic N) is 6. The third-order valence-corrected chi connectivity index (χ3v) is 10.4. The number of aliphatic hydroxyl groups excluding tert-OH is 1. The molecule has 0 aliphatic carbocycles. The first kappa shape index (κ1) is 39.7. The molecule has 0 saturated carbocycles. The van der Waals surface area contributed by atoms with Gasteiger partial charge in [-0.2, -0.15) is 0 Å². The molecule has 0 aliphatic rings. The van der Waals surface area contributed by atoms with Crippen LogP contribution >= 0.6 is 0 Å². The fraction of sp³-hybridized carbons (Fsp3) is 0.306. The summed E-state index contributed by atoms with van der Waals surface area (Å²) in [6.45, 7) is 7.24. The molecule has 12 nitrogen and oxygen atoms in total. The van der Waals surface area contributed by atoms with Crippen LogP contribution in [0.5, 0.6) is 0 Å². The van der Waals surface area contributed by atoms with Crippen LogP contribution in [0.4, 0.5) is 20.7 Å². The van der Waals surface area contributed by atoms with Crippen molar-refractivity contribution < 1.29 is 35.5 Å². The van der Waals surface area contributed by atoms with Crippen LogP contribution in [-0.4, -0.2) is 74.3 Å². The molecule has 0 amide bonds. The van der Waals surface area contributed by atoms with Crippen LogP contribution in [0.15, 0.2) is 66.9 Å². The SMILES string of the molecule is CC(C)c1nc(N(C)S(C)(=O)=O)nc(-c2ccc(F)cc2)c1/C=C/C(=O)C(C=CO)c1c(-c2ccc(F)cc2)nc(N(C)S(C)(=O)=O)nc1C(C)C. The number of hydrogen-bond donors (Lipinski definition) is 1. The molecule has 0 bridgehead atoms. The van der Waals surface area contributed by atoms with E-state index in [0.717, 1.165) is 21.1 Å². The zero-order valence-electron chi connectivity index (χ0n) is 29.9. The quantitative estimate of drug-likeness (QED) is 0.120. The molecule has 4 aromatic rings. The van der Waals surface area contributed by atoms with Gasteiger partial charge in [0.05, 0.1) is 47.5 Å². The van der Waals surface area contributed by atoms with E-state index in [1.807, 2.05) is 13.8 Å². The highest BCUT2D eigenvalue weighted by molar-refractivity contribution is 7.92. The van der Waals surface area contributed by atoms with E-state index < -0.39 is 43.4 Å². The van der Waals surface area contributed by atoms with Gasteiger partial charge in [0.2, 0.25) is 31.9 Å². The second kappa shape index (κ2) is 15.7. The summed E-state index contributed by atoms with van der Waals surface area (Å²) in [6.07, 6.45) is 6.65. The monoisotopic (exact) mass is 754 g/mol. The molecule has 276 valence electrons. The molecular formula is C36H40F2N6O6S2. The minimum Gasteiger partial charge on any atom is -0.516 e. The van der Waals surface area contributed by atoms with E-state index in [-0.39, 0.29) is 40.7 Å². The maximum Gasteiger partial charge on any atom is 0.239 e. The zero-order valence-corrected chi connectivity index (χ0v) is 31.5. The smallest absolute Gasteiger partial charge is 0.239 e. The Balaban J connectivity index is 2.00. The minimum absolute atomic E-state index is 0.128. The molecule has 0 aliphatic heterocycles. The second-order valence-electron chi connectivity index (χ2n) is 12.7. The molecule has 1 atom stereocenters. The summed E-state index contributed by atoms with van der Waals surface area (Å²) in [5, 5.41) is 10.1. The molecular weight excluding hydrogens is 715 g/mol.